The number of Topliss-reactive ketones (excluding diaryl/α,β-unsaturated/α-hetero) is 1. The summed E-state index contributed by atoms with van der Waals surface area (Å²) in [7, 11) is 0. The Morgan fingerprint density at radius 1 is 0.483 bits per heavy atom. The van der Waals surface area contributed by atoms with Crippen molar-refractivity contribution in [3.63, 3.8) is 0 Å². The number of aliphatic hydroxyl groups is 4. The van der Waals surface area contributed by atoms with Gasteiger partial charge in [0.05, 0.1) is 45.8 Å². The molecule has 89 heavy (non-hydrogen) atoms. The highest BCUT2D eigenvalue weighted by Crippen LogP contribution is 2.65. The van der Waals surface area contributed by atoms with Gasteiger partial charge in [-0.2, -0.15) is 0 Å². The Morgan fingerprint density at radius 3 is 1.58 bits per heavy atom. The second kappa shape index (κ2) is 19.4. The van der Waals surface area contributed by atoms with E-state index in [2.05, 4.69) is 0 Å². The number of phenolic OH excluding ortho intramolecular Hbond substituents is 16. The number of hydrogen-bond donors (Lipinski definition) is 20. The normalized spacial score (nSPS) is 24.7. The van der Waals surface area contributed by atoms with Gasteiger partial charge in [-0.05, 0) is 42.5 Å². The average molecular weight is 1240 g/mol. The van der Waals surface area contributed by atoms with Gasteiger partial charge in [-0.3, -0.25) is 4.79 Å². The first-order valence-corrected chi connectivity index (χ1v) is 25.5. The number of aliphatic hydroxyl groups excluding tert-OH is 1. The third-order valence-electron chi connectivity index (χ3n) is 15.9. The molecule has 6 aliphatic rings. The van der Waals surface area contributed by atoms with E-state index in [4.69, 9.17) is 33.2 Å². The molecule has 462 valence electrons. The summed E-state index contributed by atoms with van der Waals surface area (Å²) in [6.07, 6.45) is -16.5. The Kier molecular flexibility index (Phi) is 12.6. The highest BCUT2D eigenvalue weighted by Gasteiger charge is 2.75. The predicted molar refractivity (Wildman–Crippen MR) is 275 cm³/mol. The second-order valence-corrected chi connectivity index (χ2v) is 21.0. The number of carbonyl (C=O) groups excluding carboxylic acids is 6. The highest BCUT2D eigenvalue weighted by atomic mass is 16.7. The monoisotopic (exact) mass is 1240 g/mol. The number of rotatable bonds is 5. The van der Waals surface area contributed by atoms with Crippen LogP contribution in [-0.2, 0) is 39.7 Å². The second-order valence-electron chi connectivity index (χ2n) is 21.0. The largest absolute Gasteiger partial charge is 0.507 e. The van der Waals surface area contributed by atoms with Gasteiger partial charge in [0, 0.05) is 51.4 Å². The molecule has 20 N–H and O–H groups in total. The van der Waals surface area contributed by atoms with Crippen molar-refractivity contribution in [2.75, 3.05) is 6.61 Å². The van der Waals surface area contributed by atoms with Crippen LogP contribution in [0.3, 0.4) is 0 Å². The maximum Gasteiger partial charge on any atom is 0.339 e. The SMILES string of the molecule is O=C1O[C@@H]2[C@H]([C@@H]3OC(=O)c4cc(O)c(O)c(O)c4-c4c(cc(O)c(O)c4O)C(=O)OC[C@H]3OC(=O)c3cc(O)c(O)c(O)c3)OC(=O)c3cc(O)c(O)c4c3[C@@H]3C1=C(C(=O)C(O)(O)[C@@]3(O)O4)[C@@H]2c1c(O)cc(O)c2c1O[C@@H](c1cc(O)c(O)c(O)c1)[C@@H](O)C2. The first-order valence-electron chi connectivity index (χ1n) is 25.5. The molecule has 9 atom stereocenters. The van der Waals surface area contributed by atoms with Crippen LogP contribution in [0.25, 0.3) is 11.1 Å². The van der Waals surface area contributed by atoms with Gasteiger partial charge >= 0.3 is 29.8 Å². The van der Waals surface area contributed by atoms with E-state index in [0.29, 0.717) is 30.3 Å². The number of ketones is 1. The molecule has 6 aromatic rings. The van der Waals surface area contributed by atoms with Gasteiger partial charge < -0.3 is 135 Å². The summed E-state index contributed by atoms with van der Waals surface area (Å²) in [6, 6.07) is 3.96. The molecule has 33 nitrogen and oxygen atoms in total. The maximum absolute atomic E-state index is 15.4. The van der Waals surface area contributed by atoms with Gasteiger partial charge in [-0.15, -0.1) is 0 Å². The van der Waals surface area contributed by atoms with Crippen molar-refractivity contribution in [3.8, 4) is 115 Å². The van der Waals surface area contributed by atoms with Crippen molar-refractivity contribution in [3.05, 3.63) is 104 Å². The van der Waals surface area contributed by atoms with Crippen LogP contribution in [0.2, 0.25) is 0 Å². The molecule has 5 aliphatic heterocycles. The zero-order valence-electron chi connectivity index (χ0n) is 43.9. The predicted octanol–water partition coefficient (Wildman–Crippen LogP) is 0.275. The van der Waals surface area contributed by atoms with Crippen LogP contribution in [0.15, 0.2) is 59.7 Å². The number of phenols is 16. The minimum Gasteiger partial charge on any atom is -0.507 e. The summed E-state index contributed by atoms with van der Waals surface area (Å²) < 4.78 is 41.0. The van der Waals surface area contributed by atoms with Gasteiger partial charge in [0.15, 0.2) is 99.5 Å². The van der Waals surface area contributed by atoms with Crippen LogP contribution in [-0.4, -0.2) is 186 Å². The number of ether oxygens (including phenoxy) is 7. The summed E-state index contributed by atoms with van der Waals surface area (Å²) in [6.45, 7) is -1.67. The van der Waals surface area contributed by atoms with E-state index in [9.17, 15) is 112 Å². The van der Waals surface area contributed by atoms with E-state index in [-0.39, 0.29) is 6.07 Å². The van der Waals surface area contributed by atoms with Crippen LogP contribution in [0, 0.1) is 0 Å². The lowest BCUT2D eigenvalue weighted by Gasteiger charge is -2.49. The first-order chi connectivity index (χ1) is 41.8. The molecule has 1 aliphatic carbocycles. The number of carbonyl (C=O) groups is 6. The van der Waals surface area contributed by atoms with Crippen molar-refractivity contribution in [2.24, 2.45) is 0 Å². The first kappa shape index (κ1) is 57.7. The molecular weight excluding hydrogens is 1200 g/mol. The average Bonchev–Trinajstić information content (AvgIpc) is 1.64. The smallest absolute Gasteiger partial charge is 0.339 e. The van der Waals surface area contributed by atoms with E-state index in [1.807, 2.05) is 0 Å². The zero-order valence-corrected chi connectivity index (χ0v) is 43.9. The van der Waals surface area contributed by atoms with Crippen molar-refractivity contribution < 1.29 is 164 Å². The number of esters is 5. The van der Waals surface area contributed by atoms with Crippen LogP contribution < -0.4 is 9.47 Å². The van der Waals surface area contributed by atoms with E-state index >= 15 is 19.2 Å². The number of benzene rings is 6. The molecule has 0 aromatic heterocycles. The van der Waals surface area contributed by atoms with Crippen LogP contribution >= 0.6 is 0 Å². The molecule has 6 aromatic carbocycles. The third-order valence-corrected chi connectivity index (χ3v) is 15.9. The molecule has 0 amide bonds. The standard InChI is InChI=1S/C56H40O33/c57-17-9-18(58)31(44-13(17)5-26(66)43(85-44)11-1-19(59)36(67)20(60)2-11)32-33-34-35-30-16(8-25(65)40(71)46(30)89-56(35,82)55(80,81)49(33)74)53(78)88-48(47(32)87-54(34)79)45-27(84-50(75)12-3-21(61)37(68)22(62)4-12)10-83-51(76)14-6-23(63)38(69)41(72)28(14)29-15(52(77)86-45)7-24(64)39(70)42(29)73/h1-4,6-9,26-27,32,35,43,45,47-48,57-73,80-82H,5,10H2/t26-,27+,32-,35+,43-,45+,47-,48-,56-/m0/s1. The molecular formula is C56H40O33. The minimum absolute atomic E-state index is 0.270. The van der Waals surface area contributed by atoms with Crippen LogP contribution in [0.4, 0.5) is 0 Å². The number of fused-ring (bicyclic) bond motifs is 6. The fourth-order valence-corrected chi connectivity index (χ4v) is 11.8. The van der Waals surface area contributed by atoms with Crippen molar-refractivity contribution >= 4 is 35.6 Å². The Bertz CT molecular complexity index is 4250. The summed E-state index contributed by atoms with van der Waals surface area (Å²) in [4.78, 5) is 90.5. The Hall–Kier alpha value is -11.7. The quantitative estimate of drug-likeness (QED) is 0.0477. The van der Waals surface area contributed by atoms with Gasteiger partial charge in [0.2, 0.25) is 23.0 Å². The molecule has 0 saturated heterocycles. The molecule has 33 heteroatoms. The van der Waals surface area contributed by atoms with E-state index in [1.165, 1.54) is 0 Å². The number of cyclic esters (lactones) is 3. The fourth-order valence-electron chi connectivity index (χ4n) is 11.8. The Labute approximate surface area is 490 Å². The Morgan fingerprint density at radius 2 is 0.989 bits per heavy atom. The Balaban J connectivity index is 1.17. The summed E-state index contributed by atoms with van der Waals surface area (Å²) in [5.74, 6) is -48.7. The minimum atomic E-state index is -4.47. The molecule has 0 radical (unpaired) electrons. The lowest BCUT2D eigenvalue weighted by Crippen LogP contribution is -2.69. The maximum atomic E-state index is 15.4. The van der Waals surface area contributed by atoms with E-state index < -0.39 is 279 Å². The van der Waals surface area contributed by atoms with Gasteiger partial charge in [-0.1, -0.05) is 0 Å². The van der Waals surface area contributed by atoms with Crippen molar-refractivity contribution in [2.45, 2.75) is 66.5 Å². The van der Waals surface area contributed by atoms with Gasteiger partial charge in [0.25, 0.3) is 11.6 Å². The lowest BCUT2D eigenvalue weighted by atomic mass is 9.64. The summed E-state index contributed by atoms with van der Waals surface area (Å²) in [5, 5.41) is 223. The molecule has 0 spiro atoms. The number of hydrogen-bond acceptors (Lipinski definition) is 33. The van der Waals surface area contributed by atoms with Crippen LogP contribution in [0.5, 0.6) is 103 Å². The van der Waals surface area contributed by atoms with Crippen molar-refractivity contribution in [1.29, 1.82) is 0 Å². The summed E-state index contributed by atoms with van der Waals surface area (Å²) in [5.41, 5.74) is -12.8. The lowest BCUT2D eigenvalue weighted by molar-refractivity contribution is -0.324. The van der Waals surface area contributed by atoms with E-state index in [0.717, 1.165) is 12.1 Å². The number of aromatic hydroxyl groups is 16. The highest BCUT2D eigenvalue weighted by molar-refractivity contribution is 6.14. The van der Waals surface area contributed by atoms with E-state index in [1.54, 1.807) is 0 Å². The van der Waals surface area contributed by atoms with Gasteiger partial charge in [0.1, 0.15) is 23.9 Å². The molecule has 12 rings (SSSR count). The molecule has 0 unspecified atom stereocenters. The molecule has 0 saturated carbocycles. The fraction of sp³-hybridized carbons (Fsp3) is 0.214. The van der Waals surface area contributed by atoms with Crippen molar-refractivity contribution in [1.82, 2.24) is 0 Å². The summed E-state index contributed by atoms with van der Waals surface area (Å²) >= 11 is 0. The zero-order chi connectivity index (χ0) is 64.4. The van der Waals surface area contributed by atoms with Crippen LogP contribution in [0.1, 0.15) is 81.6 Å². The third kappa shape index (κ3) is 8.16. The molecule has 0 fully saturated rings. The molecule has 2 bridgehead atoms. The molecule has 5 heterocycles. The van der Waals surface area contributed by atoms with Gasteiger partial charge in [-0.25, -0.2) is 24.0 Å². The topological polar surface area (TPSA) is 572 Å².